The van der Waals surface area contributed by atoms with Gasteiger partial charge in [0.25, 0.3) is 0 Å². The van der Waals surface area contributed by atoms with Crippen molar-refractivity contribution in [2.24, 2.45) is 0 Å². The molecular formula is C13H10BrNO2S. The Balaban J connectivity index is 1.92. The molecule has 18 heavy (non-hydrogen) atoms. The van der Waals surface area contributed by atoms with E-state index in [4.69, 9.17) is 4.42 Å². The summed E-state index contributed by atoms with van der Waals surface area (Å²) >= 11 is 4.97. The van der Waals surface area contributed by atoms with Gasteiger partial charge in [0.1, 0.15) is 17.4 Å². The maximum absolute atomic E-state index is 10.1. The number of fused-ring (bicyclic) bond motifs is 1. The Morgan fingerprint density at radius 1 is 1.44 bits per heavy atom. The summed E-state index contributed by atoms with van der Waals surface area (Å²) in [6.45, 7) is 0. The van der Waals surface area contributed by atoms with E-state index in [1.807, 2.05) is 29.6 Å². The topological polar surface area (TPSA) is 46.3 Å². The second-order valence-corrected chi connectivity index (χ2v) is 5.79. The van der Waals surface area contributed by atoms with Gasteiger partial charge in [-0.1, -0.05) is 12.1 Å². The maximum Gasteiger partial charge on any atom is 0.148 e. The number of furan rings is 1. The third-order valence-electron chi connectivity index (χ3n) is 2.69. The Morgan fingerprint density at radius 2 is 2.33 bits per heavy atom. The standard InChI is InChI=1S/C13H10BrNO2S/c14-9-3-1-2-8-6-11(17-13(8)9)10(16)7-12-15-4-5-18-12/h1-6,10,16H,7H2. The zero-order chi connectivity index (χ0) is 12.5. The van der Waals surface area contributed by atoms with Gasteiger partial charge in [-0.2, -0.15) is 0 Å². The molecule has 0 saturated carbocycles. The zero-order valence-corrected chi connectivity index (χ0v) is 11.7. The number of halogens is 1. The molecule has 0 bridgehead atoms. The summed E-state index contributed by atoms with van der Waals surface area (Å²) in [5, 5.41) is 13.9. The molecule has 1 aromatic carbocycles. The number of rotatable bonds is 3. The molecule has 2 aromatic heterocycles. The van der Waals surface area contributed by atoms with E-state index in [-0.39, 0.29) is 0 Å². The quantitative estimate of drug-likeness (QED) is 0.794. The molecule has 0 fully saturated rings. The summed E-state index contributed by atoms with van der Waals surface area (Å²) in [7, 11) is 0. The molecule has 0 aliphatic heterocycles. The van der Waals surface area contributed by atoms with Crippen LogP contribution in [-0.2, 0) is 6.42 Å². The molecule has 92 valence electrons. The Kier molecular flexibility index (Phi) is 3.20. The van der Waals surface area contributed by atoms with Gasteiger partial charge in [-0.25, -0.2) is 4.98 Å². The predicted molar refractivity (Wildman–Crippen MR) is 74.7 cm³/mol. The number of aliphatic hydroxyl groups is 1. The van der Waals surface area contributed by atoms with Crippen molar-refractivity contribution in [2.75, 3.05) is 0 Å². The summed E-state index contributed by atoms with van der Waals surface area (Å²) in [4.78, 5) is 4.16. The van der Waals surface area contributed by atoms with E-state index in [0.717, 1.165) is 20.4 Å². The van der Waals surface area contributed by atoms with Crippen molar-refractivity contribution in [3.8, 4) is 0 Å². The summed E-state index contributed by atoms with van der Waals surface area (Å²) < 4.78 is 6.59. The lowest BCUT2D eigenvalue weighted by atomic mass is 10.2. The lowest BCUT2D eigenvalue weighted by Crippen LogP contribution is -1.99. The normalized spacial score (nSPS) is 13.0. The molecule has 3 nitrogen and oxygen atoms in total. The number of hydrogen-bond acceptors (Lipinski definition) is 4. The molecule has 3 aromatic rings. The van der Waals surface area contributed by atoms with Crippen molar-refractivity contribution in [3.63, 3.8) is 0 Å². The van der Waals surface area contributed by atoms with Gasteiger partial charge in [0.15, 0.2) is 0 Å². The van der Waals surface area contributed by atoms with Crippen LogP contribution in [0.3, 0.4) is 0 Å². The molecule has 0 aliphatic carbocycles. The summed E-state index contributed by atoms with van der Waals surface area (Å²) in [5.74, 6) is 0.576. The Bertz CT molecular complexity index is 663. The number of benzene rings is 1. The Morgan fingerprint density at radius 3 is 3.06 bits per heavy atom. The molecule has 0 spiro atoms. The van der Waals surface area contributed by atoms with Gasteiger partial charge in [0, 0.05) is 23.4 Å². The highest BCUT2D eigenvalue weighted by atomic mass is 79.9. The molecular weight excluding hydrogens is 314 g/mol. The fraction of sp³-hybridized carbons (Fsp3) is 0.154. The molecule has 0 saturated heterocycles. The minimum absolute atomic E-state index is 0.481. The van der Waals surface area contributed by atoms with Crippen LogP contribution < -0.4 is 0 Å². The van der Waals surface area contributed by atoms with Gasteiger partial charge >= 0.3 is 0 Å². The van der Waals surface area contributed by atoms with Gasteiger partial charge < -0.3 is 9.52 Å². The van der Waals surface area contributed by atoms with Crippen LogP contribution in [0.5, 0.6) is 0 Å². The van der Waals surface area contributed by atoms with E-state index in [2.05, 4.69) is 20.9 Å². The van der Waals surface area contributed by atoms with Crippen LogP contribution in [0.1, 0.15) is 16.9 Å². The van der Waals surface area contributed by atoms with Crippen LogP contribution in [0.25, 0.3) is 11.0 Å². The van der Waals surface area contributed by atoms with Crippen LogP contribution in [-0.4, -0.2) is 10.1 Å². The second-order valence-electron chi connectivity index (χ2n) is 3.95. The monoisotopic (exact) mass is 323 g/mol. The van der Waals surface area contributed by atoms with Crippen molar-refractivity contribution >= 4 is 38.2 Å². The van der Waals surface area contributed by atoms with Crippen LogP contribution in [0.4, 0.5) is 0 Å². The smallest absolute Gasteiger partial charge is 0.148 e. The first-order valence-corrected chi connectivity index (χ1v) is 7.15. The van der Waals surface area contributed by atoms with Crippen molar-refractivity contribution < 1.29 is 9.52 Å². The maximum atomic E-state index is 10.1. The molecule has 0 aliphatic rings. The van der Waals surface area contributed by atoms with Crippen LogP contribution in [0.2, 0.25) is 0 Å². The van der Waals surface area contributed by atoms with E-state index in [1.165, 1.54) is 11.3 Å². The summed E-state index contributed by atoms with van der Waals surface area (Å²) in [6.07, 6.45) is 1.56. The molecule has 5 heteroatoms. The SMILES string of the molecule is OC(Cc1nccs1)c1cc2cccc(Br)c2o1. The number of para-hydroxylation sites is 1. The van der Waals surface area contributed by atoms with Crippen molar-refractivity contribution in [1.82, 2.24) is 4.98 Å². The fourth-order valence-corrected chi connectivity index (χ4v) is 2.95. The molecule has 2 heterocycles. The van der Waals surface area contributed by atoms with E-state index < -0.39 is 6.10 Å². The first-order chi connectivity index (χ1) is 8.74. The second kappa shape index (κ2) is 4.84. The first kappa shape index (κ1) is 11.9. The van der Waals surface area contributed by atoms with Crippen molar-refractivity contribution in [2.45, 2.75) is 12.5 Å². The number of nitrogens with zero attached hydrogens (tertiary/aromatic N) is 1. The summed E-state index contributed by atoms with van der Waals surface area (Å²) in [5.41, 5.74) is 0.769. The average Bonchev–Trinajstić information content (AvgIpc) is 2.97. The highest BCUT2D eigenvalue weighted by Crippen LogP contribution is 2.30. The Labute approximate surface area is 116 Å². The van der Waals surface area contributed by atoms with E-state index >= 15 is 0 Å². The third-order valence-corrected chi connectivity index (χ3v) is 4.12. The summed E-state index contributed by atoms with van der Waals surface area (Å²) in [6, 6.07) is 7.70. The fourth-order valence-electron chi connectivity index (χ4n) is 1.83. The van der Waals surface area contributed by atoms with Crippen molar-refractivity contribution in [1.29, 1.82) is 0 Å². The van der Waals surface area contributed by atoms with Gasteiger partial charge in [-0.05, 0) is 28.1 Å². The highest BCUT2D eigenvalue weighted by Gasteiger charge is 2.16. The van der Waals surface area contributed by atoms with Gasteiger partial charge in [-0.15, -0.1) is 11.3 Å². The van der Waals surface area contributed by atoms with Crippen LogP contribution >= 0.6 is 27.3 Å². The number of hydrogen-bond donors (Lipinski definition) is 1. The van der Waals surface area contributed by atoms with Crippen LogP contribution in [0, 0.1) is 0 Å². The highest BCUT2D eigenvalue weighted by molar-refractivity contribution is 9.10. The van der Waals surface area contributed by atoms with E-state index in [9.17, 15) is 5.11 Å². The van der Waals surface area contributed by atoms with Gasteiger partial charge in [0.2, 0.25) is 0 Å². The van der Waals surface area contributed by atoms with Gasteiger partial charge in [0.05, 0.1) is 9.48 Å². The first-order valence-electron chi connectivity index (χ1n) is 5.48. The number of aromatic nitrogens is 1. The third kappa shape index (κ3) is 2.21. The van der Waals surface area contributed by atoms with E-state index in [0.29, 0.717) is 12.2 Å². The predicted octanol–water partition coefficient (Wildman–Crippen LogP) is 3.93. The molecule has 3 rings (SSSR count). The Hall–Kier alpha value is -1.17. The van der Waals surface area contributed by atoms with E-state index in [1.54, 1.807) is 6.20 Å². The molecule has 1 unspecified atom stereocenters. The lowest BCUT2D eigenvalue weighted by Gasteiger charge is -2.04. The largest absolute Gasteiger partial charge is 0.457 e. The van der Waals surface area contributed by atoms with Crippen LogP contribution in [0.15, 0.2) is 44.7 Å². The molecule has 1 atom stereocenters. The molecule has 0 amide bonds. The zero-order valence-electron chi connectivity index (χ0n) is 9.34. The number of aliphatic hydroxyl groups excluding tert-OH is 1. The molecule has 1 N–H and O–H groups in total. The average molecular weight is 324 g/mol. The number of thiazole rings is 1. The van der Waals surface area contributed by atoms with Gasteiger partial charge in [-0.3, -0.25) is 0 Å². The minimum Gasteiger partial charge on any atom is -0.457 e. The minimum atomic E-state index is -0.657. The molecule has 0 radical (unpaired) electrons. The van der Waals surface area contributed by atoms with Crippen molar-refractivity contribution in [3.05, 3.63) is 51.1 Å². The lowest BCUT2D eigenvalue weighted by molar-refractivity contribution is 0.152.